The van der Waals surface area contributed by atoms with Gasteiger partial charge in [-0.3, -0.25) is 29.3 Å². The van der Waals surface area contributed by atoms with Crippen molar-refractivity contribution >= 4 is 74.0 Å². The third-order valence-electron chi connectivity index (χ3n) is 16.7. The molecular formula is C50H59ClF3N11O4. The highest BCUT2D eigenvalue weighted by molar-refractivity contribution is 6.33. The van der Waals surface area contributed by atoms with E-state index in [1.54, 1.807) is 26.4 Å². The van der Waals surface area contributed by atoms with Crippen LogP contribution in [0.5, 0.6) is 5.75 Å². The fourth-order valence-corrected chi connectivity index (χ4v) is 12.3. The fourth-order valence-electron chi connectivity index (χ4n) is 12.1. The Morgan fingerprint density at radius 3 is 2.33 bits per heavy atom. The van der Waals surface area contributed by atoms with Crippen molar-refractivity contribution in [1.29, 1.82) is 0 Å². The maximum Gasteiger partial charge on any atom is 0.301 e. The van der Waals surface area contributed by atoms with E-state index in [2.05, 4.69) is 54.6 Å². The van der Waals surface area contributed by atoms with E-state index in [-0.39, 0.29) is 52.4 Å². The van der Waals surface area contributed by atoms with E-state index in [4.69, 9.17) is 21.3 Å². The lowest BCUT2D eigenvalue weighted by molar-refractivity contribution is -0.134. The summed E-state index contributed by atoms with van der Waals surface area (Å²) in [6, 6.07) is 7.97. The number of imide groups is 1. The number of aryl methyl sites for hydroxylation is 2. The molecule has 8 heterocycles. The number of hydrogen-bond acceptors (Lipinski definition) is 12. The minimum absolute atomic E-state index is 0.0192. The van der Waals surface area contributed by atoms with Gasteiger partial charge in [-0.2, -0.15) is 10.1 Å². The number of alkyl halides is 2. The molecule has 1 saturated carbocycles. The SMILES string of the molecule is Cn1nc(C2CCC(=O)NC2=O)c2ccc(N3CCC(C(C)(C)N4CCC5(CCN(c6ncc(Cl)c(Nc7ccc8c(c7)c7c(c(=O)n8C)OCC(F)(F)[C@H](C8CC8)N7)n6)CC5)CC4)CC3)c(F)c21. The van der Waals surface area contributed by atoms with Crippen LogP contribution >= 0.6 is 11.6 Å². The molecule has 1 unspecified atom stereocenters. The number of hydrogen-bond donors (Lipinski definition) is 3. The molecule has 5 aliphatic heterocycles. The quantitative estimate of drug-likeness (QED) is 0.130. The molecule has 0 bridgehead atoms. The van der Waals surface area contributed by atoms with Gasteiger partial charge >= 0.3 is 5.92 Å². The van der Waals surface area contributed by atoms with Crippen LogP contribution in [0.2, 0.25) is 5.02 Å². The molecule has 69 heavy (non-hydrogen) atoms. The molecule has 2 aromatic carbocycles. The fraction of sp³-hybridized carbons (Fsp3) is 0.560. The van der Waals surface area contributed by atoms with Crippen molar-refractivity contribution in [2.45, 2.75) is 101 Å². The van der Waals surface area contributed by atoms with Gasteiger partial charge in [0.15, 0.2) is 18.2 Å². The highest BCUT2D eigenvalue weighted by Gasteiger charge is 2.51. The third kappa shape index (κ3) is 8.12. The van der Waals surface area contributed by atoms with Crippen molar-refractivity contribution in [3.05, 3.63) is 63.4 Å². The zero-order chi connectivity index (χ0) is 48.1. The van der Waals surface area contributed by atoms with E-state index < -0.39 is 30.0 Å². The van der Waals surface area contributed by atoms with Gasteiger partial charge in [-0.25, -0.2) is 18.2 Å². The van der Waals surface area contributed by atoms with Crippen LogP contribution in [-0.4, -0.2) is 104 Å². The van der Waals surface area contributed by atoms with Gasteiger partial charge in [-0.1, -0.05) is 11.6 Å². The molecular weight excluding hydrogens is 911 g/mol. The number of rotatable bonds is 8. The predicted octanol–water partition coefficient (Wildman–Crippen LogP) is 7.87. The van der Waals surface area contributed by atoms with Gasteiger partial charge in [0.05, 0.1) is 40.7 Å². The van der Waals surface area contributed by atoms with Crippen molar-refractivity contribution < 1.29 is 27.5 Å². The smallest absolute Gasteiger partial charge is 0.301 e. The zero-order valence-electron chi connectivity index (χ0n) is 39.5. The Morgan fingerprint density at radius 1 is 0.899 bits per heavy atom. The Bertz CT molecular complexity index is 2930. The van der Waals surface area contributed by atoms with Crippen LogP contribution < -0.4 is 36.0 Å². The van der Waals surface area contributed by atoms with Crippen LogP contribution in [0.3, 0.4) is 0 Å². The number of ether oxygens (including phenoxy) is 1. The Kier molecular flexibility index (Phi) is 11.3. The van der Waals surface area contributed by atoms with Gasteiger partial charge in [0, 0.05) is 68.7 Å². The molecule has 2 amide bonds. The van der Waals surface area contributed by atoms with Crippen LogP contribution in [-0.2, 0) is 23.7 Å². The van der Waals surface area contributed by atoms with Gasteiger partial charge in [0.25, 0.3) is 5.56 Å². The lowest BCUT2D eigenvalue weighted by Crippen LogP contribution is -2.57. The van der Waals surface area contributed by atoms with Gasteiger partial charge < -0.3 is 29.7 Å². The average molecular weight is 971 g/mol. The average Bonchev–Trinajstić information content (AvgIpc) is 4.13. The highest BCUT2D eigenvalue weighted by Crippen LogP contribution is 2.48. The van der Waals surface area contributed by atoms with E-state index >= 15 is 13.2 Å². The van der Waals surface area contributed by atoms with E-state index in [0.717, 1.165) is 77.8 Å². The van der Waals surface area contributed by atoms with Crippen molar-refractivity contribution in [1.82, 2.24) is 34.5 Å². The molecule has 19 heteroatoms. The molecule has 5 aromatic rings. The van der Waals surface area contributed by atoms with Crippen molar-refractivity contribution in [3.63, 3.8) is 0 Å². The molecule has 2 atom stereocenters. The Labute approximate surface area is 403 Å². The summed E-state index contributed by atoms with van der Waals surface area (Å²) in [6.07, 6.45) is 9.78. The summed E-state index contributed by atoms with van der Waals surface area (Å²) in [5.74, 6) is -3.56. The third-order valence-corrected chi connectivity index (χ3v) is 17.0. The molecule has 3 aromatic heterocycles. The molecule has 11 rings (SSSR count). The standard InChI is InChI=1S/C50H59ClF3N11O4/c1-48(2,29-13-19-63(20-14-29)36-11-8-31-39(60-62(4)41(31)38(36)52)32-9-12-37(66)57-45(32)67)65-23-17-49(18-24-65)15-21-64(22-16-49)47-55-26-34(51)44(59-47)56-30-7-10-35-33(25-30)40-42(46(68)61(35)3)69-27-50(53,54)43(58-40)28-5-6-28/h7-8,10-11,25-26,28-29,32,43,58H,5-6,9,12-24,27H2,1-4H3,(H,55,56,59)(H,57,66,67)/t32?,43-/m0/s1. The van der Waals surface area contributed by atoms with Crippen LogP contribution in [0.15, 0.2) is 41.3 Å². The molecule has 366 valence electrons. The van der Waals surface area contributed by atoms with E-state index in [9.17, 15) is 14.4 Å². The zero-order valence-corrected chi connectivity index (χ0v) is 40.3. The number of piperidine rings is 4. The summed E-state index contributed by atoms with van der Waals surface area (Å²) in [4.78, 5) is 54.3. The molecule has 3 N–H and O–H groups in total. The molecule has 4 saturated heterocycles. The van der Waals surface area contributed by atoms with Crippen LogP contribution in [0.4, 0.5) is 42.0 Å². The second-order valence-electron chi connectivity index (χ2n) is 21.0. The summed E-state index contributed by atoms with van der Waals surface area (Å²) in [5.41, 5.74) is 2.66. The van der Waals surface area contributed by atoms with Crippen LogP contribution in [0.25, 0.3) is 21.8 Å². The first kappa shape index (κ1) is 45.8. The number of carbonyl (C=O) groups excluding carboxylic acids is 2. The molecule has 15 nitrogen and oxygen atoms in total. The van der Waals surface area contributed by atoms with Gasteiger partial charge in [-0.05, 0) is 132 Å². The van der Waals surface area contributed by atoms with Gasteiger partial charge in [-0.15, -0.1) is 0 Å². The number of benzene rings is 2. The summed E-state index contributed by atoms with van der Waals surface area (Å²) >= 11 is 6.69. The Balaban J connectivity index is 0.711. The summed E-state index contributed by atoms with van der Waals surface area (Å²) in [7, 11) is 3.31. The lowest BCUT2D eigenvalue weighted by Gasteiger charge is -2.53. The van der Waals surface area contributed by atoms with Crippen molar-refractivity contribution in [2.75, 3.05) is 66.3 Å². The van der Waals surface area contributed by atoms with Crippen LogP contribution in [0.1, 0.15) is 89.7 Å². The maximum atomic E-state index is 16.3. The summed E-state index contributed by atoms with van der Waals surface area (Å²) < 4.78 is 55.3. The molecule has 1 spiro atoms. The Morgan fingerprint density at radius 2 is 1.62 bits per heavy atom. The first-order valence-electron chi connectivity index (χ1n) is 24.5. The molecule has 0 radical (unpaired) electrons. The summed E-state index contributed by atoms with van der Waals surface area (Å²) in [5, 5.41) is 14.9. The normalized spacial score (nSPS) is 23.4. The van der Waals surface area contributed by atoms with E-state index in [0.29, 0.717) is 80.8 Å². The minimum atomic E-state index is -3.14. The van der Waals surface area contributed by atoms with Crippen LogP contribution in [0, 0.1) is 23.1 Å². The number of nitrogens with zero attached hydrogens (tertiary/aromatic N) is 8. The van der Waals surface area contributed by atoms with Gasteiger partial charge in [0.2, 0.25) is 23.5 Å². The number of likely N-dealkylation sites (tertiary alicyclic amines) is 1. The number of amides is 2. The lowest BCUT2D eigenvalue weighted by atomic mass is 9.69. The number of nitrogens with one attached hydrogen (secondary N) is 3. The maximum absolute atomic E-state index is 16.3. The first-order valence-corrected chi connectivity index (χ1v) is 24.9. The minimum Gasteiger partial charge on any atom is -0.480 e. The van der Waals surface area contributed by atoms with E-state index in [1.807, 2.05) is 24.3 Å². The number of fused-ring (bicyclic) bond motifs is 4. The predicted molar refractivity (Wildman–Crippen MR) is 260 cm³/mol. The second-order valence-corrected chi connectivity index (χ2v) is 21.4. The number of anilines is 5. The van der Waals surface area contributed by atoms with Crippen molar-refractivity contribution in [2.24, 2.45) is 31.3 Å². The number of halogens is 4. The number of carbonyl (C=O) groups is 2. The molecule has 5 fully saturated rings. The number of pyridine rings is 1. The molecule has 1 aliphatic carbocycles. The molecule has 6 aliphatic rings. The van der Waals surface area contributed by atoms with Crippen molar-refractivity contribution in [3.8, 4) is 5.75 Å². The largest absolute Gasteiger partial charge is 0.480 e. The summed E-state index contributed by atoms with van der Waals surface area (Å²) in [6.45, 7) is 9.06. The highest BCUT2D eigenvalue weighted by atomic mass is 35.5. The van der Waals surface area contributed by atoms with Gasteiger partial charge in [0.1, 0.15) is 10.5 Å². The number of aromatic nitrogens is 5. The first-order chi connectivity index (χ1) is 33.0. The second kappa shape index (κ2) is 17.1. The Hall–Kier alpha value is -5.62. The van der Waals surface area contributed by atoms with E-state index in [1.165, 1.54) is 9.25 Å². The monoisotopic (exact) mass is 969 g/mol. The topological polar surface area (TPSA) is 155 Å².